The molecular weight excluding hydrogens is 226 g/mol. The minimum Gasteiger partial charge on any atom is -0.616 e. The van der Waals surface area contributed by atoms with E-state index in [0.717, 1.165) is 0 Å². The lowest BCUT2D eigenvalue weighted by Crippen LogP contribution is -2.02. The Morgan fingerprint density at radius 2 is 2.21 bits per heavy atom. The summed E-state index contributed by atoms with van der Waals surface area (Å²) in [5, 5.41) is 10.8. The van der Waals surface area contributed by atoms with Gasteiger partial charge in [0.1, 0.15) is 5.75 Å². The Bertz CT molecular complexity index is 356. The van der Waals surface area contributed by atoms with Crippen LogP contribution in [0, 0.1) is 10.1 Å². The zero-order valence-corrected chi connectivity index (χ0v) is 8.97. The van der Waals surface area contributed by atoms with E-state index in [4.69, 9.17) is 11.6 Å². The summed E-state index contributed by atoms with van der Waals surface area (Å²) in [5.74, 6) is 0.237. The second kappa shape index (κ2) is 4.63. The number of hydrogen-bond acceptors (Lipinski definition) is 3. The number of nitrogens with zero attached hydrogens (tertiary/aromatic N) is 1. The van der Waals surface area contributed by atoms with E-state index in [1.165, 1.54) is 24.5 Å². The number of benzene rings is 1. The first-order valence-electron chi connectivity index (χ1n) is 3.73. The molecule has 0 saturated heterocycles. The molecule has 0 N–H and O–H groups in total. The number of hydrogen-bond donors (Lipinski definition) is 0. The molecule has 0 spiro atoms. The maximum Gasteiger partial charge on any atom is 0.269 e. The molecular formula is C8H8ClNO3S. The van der Waals surface area contributed by atoms with E-state index in [2.05, 4.69) is 0 Å². The van der Waals surface area contributed by atoms with Gasteiger partial charge >= 0.3 is 0 Å². The van der Waals surface area contributed by atoms with Crippen molar-refractivity contribution >= 4 is 28.5 Å². The van der Waals surface area contributed by atoms with Gasteiger partial charge in [0.05, 0.1) is 11.2 Å². The first-order chi connectivity index (χ1) is 6.50. The van der Waals surface area contributed by atoms with Crippen LogP contribution in [0.3, 0.4) is 0 Å². The van der Waals surface area contributed by atoms with Crippen LogP contribution in [0.25, 0.3) is 0 Å². The molecule has 0 aromatic heterocycles. The number of rotatable bonds is 3. The smallest absolute Gasteiger partial charge is 0.269 e. The fraction of sp³-hybridized carbons (Fsp3) is 0.250. The second-order valence-electron chi connectivity index (χ2n) is 2.75. The predicted molar refractivity (Wildman–Crippen MR) is 55.9 cm³/mol. The Balaban J connectivity index is 3.02. The molecule has 0 amide bonds. The molecule has 0 fully saturated rings. The van der Waals surface area contributed by atoms with Crippen molar-refractivity contribution < 1.29 is 9.48 Å². The first-order valence-corrected chi connectivity index (χ1v) is 5.84. The molecule has 0 aliphatic carbocycles. The Labute approximate surface area is 89.2 Å². The van der Waals surface area contributed by atoms with Crippen LogP contribution >= 0.6 is 11.6 Å². The molecule has 1 aromatic carbocycles. The number of nitro benzene ring substituents is 1. The van der Waals surface area contributed by atoms with Crippen molar-refractivity contribution in [3.8, 4) is 0 Å². The normalized spacial score (nSPS) is 12.5. The van der Waals surface area contributed by atoms with Gasteiger partial charge in [0.2, 0.25) is 0 Å². The standard InChI is InChI=1S/C8H8ClNO3S/c1-14(13)5-6-4-7(10(11)12)2-3-8(6)9/h2-4H,5H2,1H3. The van der Waals surface area contributed by atoms with Crippen LogP contribution in [-0.2, 0) is 16.9 Å². The Morgan fingerprint density at radius 3 is 2.71 bits per heavy atom. The maximum atomic E-state index is 10.9. The average molecular weight is 234 g/mol. The van der Waals surface area contributed by atoms with E-state index in [-0.39, 0.29) is 11.4 Å². The zero-order chi connectivity index (χ0) is 10.7. The van der Waals surface area contributed by atoms with Gasteiger partial charge in [0, 0.05) is 22.7 Å². The van der Waals surface area contributed by atoms with Crippen LogP contribution in [0.2, 0.25) is 5.02 Å². The van der Waals surface area contributed by atoms with Gasteiger partial charge in [-0.1, -0.05) is 22.8 Å². The van der Waals surface area contributed by atoms with Crippen molar-refractivity contribution in [1.29, 1.82) is 0 Å². The van der Waals surface area contributed by atoms with Crippen molar-refractivity contribution in [2.75, 3.05) is 6.26 Å². The quantitative estimate of drug-likeness (QED) is 0.456. The highest BCUT2D eigenvalue weighted by atomic mass is 35.5. The molecule has 0 heterocycles. The third kappa shape index (κ3) is 2.87. The highest BCUT2D eigenvalue weighted by Gasteiger charge is 2.12. The summed E-state index contributed by atoms with van der Waals surface area (Å²) in [6.45, 7) is 0. The molecule has 6 heteroatoms. The van der Waals surface area contributed by atoms with Crippen LogP contribution in [0.4, 0.5) is 5.69 Å². The van der Waals surface area contributed by atoms with Gasteiger partial charge in [0.25, 0.3) is 5.69 Å². The van der Waals surface area contributed by atoms with Crippen LogP contribution < -0.4 is 0 Å². The zero-order valence-electron chi connectivity index (χ0n) is 7.40. The van der Waals surface area contributed by atoms with Crippen molar-refractivity contribution in [3.63, 3.8) is 0 Å². The molecule has 0 bridgehead atoms. The highest BCUT2D eigenvalue weighted by molar-refractivity contribution is 7.89. The van der Waals surface area contributed by atoms with Crippen molar-refractivity contribution in [3.05, 3.63) is 38.9 Å². The van der Waals surface area contributed by atoms with Gasteiger partial charge in [-0.3, -0.25) is 10.1 Å². The van der Waals surface area contributed by atoms with Crippen LogP contribution in [0.15, 0.2) is 18.2 Å². The van der Waals surface area contributed by atoms with Crippen molar-refractivity contribution in [1.82, 2.24) is 0 Å². The summed E-state index contributed by atoms with van der Waals surface area (Å²) >= 11 is 4.73. The summed E-state index contributed by atoms with van der Waals surface area (Å²) in [4.78, 5) is 9.94. The predicted octanol–water partition coefficient (Wildman–Crippen LogP) is 2.13. The van der Waals surface area contributed by atoms with Gasteiger partial charge in [-0.05, 0) is 6.07 Å². The topological polar surface area (TPSA) is 66.2 Å². The van der Waals surface area contributed by atoms with Crippen molar-refractivity contribution in [2.24, 2.45) is 0 Å². The molecule has 4 nitrogen and oxygen atoms in total. The number of halogens is 1. The van der Waals surface area contributed by atoms with E-state index >= 15 is 0 Å². The molecule has 1 rings (SSSR count). The summed E-state index contributed by atoms with van der Waals surface area (Å²) in [6.07, 6.45) is 1.52. The second-order valence-corrected chi connectivity index (χ2v) is 4.59. The van der Waals surface area contributed by atoms with E-state index in [1.807, 2.05) is 0 Å². The largest absolute Gasteiger partial charge is 0.616 e. The fourth-order valence-corrected chi connectivity index (χ4v) is 1.94. The highest BCUT2D eigenvalue weighted by Crippen LogP contribution is 2.23. The van der Waals surface area contributed by atoms with E-state index in [9.17, 15) is 14.7 Å². The SMILES string of the molecule is C[S+]([O-])Cc1cc([N+](=O)[O-])ccc1Cl. The molecule has 76 valence electrons. The molecule has 0 saturated carbocycles. The molecule has 1 aromatic rings. The maximum absolute atomic E-state index is 10.9. The third-order valence-corrected chi connectivity index (χ3v) is 2.69. The first kappa shape index (κ1) is 11.3. The van der Waals surface area contributed by atoms with Gasteiger partial charge < -0.3 is 4.55 Å². The molecule has 0 radical (unpaired) electrons. The van der Waals surface area contributed by atoms with Crippen molar-refractivity contribution in [2.45, 2.75) is 5.75 Å². The Kier molecular flexibility index (Phi) is 3.74. The van der Waals surface area contributed by atoms with Gasteiger partial charge in [-0.15, -0.1) is 0 Å². The number of nitro groups is 1. The molecule has 14 heavy (non-hydrogen) atoms. The molecule has 0 aliphatic rings. The van der Waals surface area contributed by atoms with Crippen LogP contribution in [0.5, 0.6) is 0 Å². The van der Waals surface area contributed by atoms with Gasteiger partial charge in [-0.25, -0.2) is 0 Å². The minimum atomic E-state index is -1.06. The number of non-ortho nitro benzene ring substituents is 1. The van der Waals surface area contributed by atoms with E-state index < -0.39 is 16.1 Å². The molecule has 0 aliphatic heterocycles. The third-order valence-electron chi connectivity index (χ3n) is 1.60. The Hall–Kier alpha value is -0.780. The summed E-state index contributed by atoms with van der Waals surface area (Å²) in [7, 11) is 0. The lowest BCUT2D eigenvalue weighted by atomic mass is 10.2. The fourth-order valence-electron chi connectivity index (χ4n) is 1.00. The van der Waals surface area contributed by atoms with Gasteiger partial charge in [-0.2, -0.15) is 0 Å². The molecule has 1 unspecified atom stereocenters. The monoisotopic (exact) mass is 233 g/mol. The minimum absolute atomic E-state index is 0.0325. The lowest BCUT2D eigenvalue weighted by molar-refractivity contribution is -0.384. The average Bonchev–Trinajstić information content (AvgIpc) is 2.07. The summed E-state index contributed by atoms with van der Waals surface area (Å²) < 4.78 is 10.9. The van der Waals surface area contributed by atoms with Crippen LogP contribution in [0.1, 0.15) is 5.56 Å². The summed E-state index contributed by atoms with van der Waals surface area (Å²) in [6, 6.07) is 4.12. The van der Waals surface area contributed by atoms with Crippen LogP contribution in [-0.4, -0.2) is 15.7 Å². The molecule has 1 atom stereocenters. The lowest BCUT2D eigenvalue weighted by Gasteiger charge is -2.06. The Morgan fingerprint density at radius 1 is 1.57 bits per heavy atom. The van der Waals surface area contributed by atoms with E-state index in [0.29, 0.717) is 10.6 Å². The van der Waals surface area contributed by atoms with E-state index in [1.54, 1.807) is 0 Å². The van der Waals surface area contributed by atoms with Gasteiger partial charge in [0.15, 0.2) is 0 Å². The summed E-state index contributed by atoms with van der Waals surface area (Å²) in [5.41, 5.74) is 0.511.